The first-order chi connectivity index (χ1) is 9.15. The fraction of sp³-hybridized carbons (Fsp3) is 0.562. The highest BCUT2D eigenvalue weighted by Crippen LogP contribution is 2.37. The molecular weight excluding hydrogens is 238 g/mol. The second kappa shape index (κ2) is 6.20. The highest BCUT2D eigenvalue weighted by molar-refractivity contribution is 5.99. The average molecular weight is 261 g/mol. The Balaban J connectivity index is 2.28. The number of hydrogen-bond acceptors (Lipinski definition) is 3. The highest BCUT2D eigenvalue weighted by atomic mass is 16.5. The summed E-state index contributed by atoms with van der Waals surface area (Å²) in [6, 6.07) is 8.36. The number of Topliss-reactive ketones (excluding diaryl/α,β-unsaturated/α-hetero) is 1. The lowest BCUT2D eigenvalue weighted by Gasteiger charge is -2.32. The van der Waals surface area contributed by atoms with Crippen molar-refractivity contribution in [3.63, 3.8) is 0 Å². The zero-order valence-corrected chi connectivity index (χ0v) is 12.1. The van der Waals surface area contributed by atoms with Gasteiger partial charge in [0.25, 0.3) is 0 Å². The van der Waals surface area contributed by atoms with E-state index in [1.54, 1.807) is 14.0 Å². The number of ketones is 1. The average Bonchev–Trinajstić information content (AvgIpc) is 3.23. The van der Waals surface area contributed by atoms with Crippen molar-refractivity contribution in [3.8, 4) is 0 Å². The number of nitrogens with zero attached hydrogens (tertiary/aromatic N) is 1. The van der Waals surface area contributed by atoms with E-state index in [0.717, 1.165) is 23.7 Å². The minimum Gasteiger partial charge on any atom is -0.383 e. The maximum absolute atomic E-state index is 11.8. The van der Waals surface area contributed by atoms with Crippen LogP contribution < -0.4 is 4.90 Å². The SMILES string of the molecule is COCCN(c1ccccc1C(C)=O)C(C)C1CC1. The van der Waals surface area contributed by atoms with Crippen molar-refractivity contribution in [2.24, 2.45) is 5.92 Å². The molecule has 3 heteroatoms. The summed E-state index contributed by atoms with van der Waals surface area (Å²) < 4.78 is 5.22. The Labute approximate surface area is 115 Å². The van der Waals surface area contributed by atoms with Crippen LogP contribution in [0.2, 0.25) is 0 Å². The number of ether oxygens (including phenoxy) is 1. The zero-order chi connectivity index (χ0) is 13.8. The molecule has 1 atom stereocenters. The van der Waals surface area contributed by atoms with Crippen LogP contribution in [0.15, 0.2) is 24.3 Å². The predicted molar refractivity (Wildman–Crippen MR) is 77.9 cm³/mol. The van der Waals surface area contributed by atoms with E-state index in [-0.39, 0.29) is 5.78 Å². The Morgan fingerprint density at radius 1 is 1.42 bits per heavy atom. The summed E-state index contributed by atoms with van der Waals surface area (Å²) in [5, 5.41) is 0. The van der Waals surface area contributed by atoms with Crippen molar-refractivity contribution in [3.05, 3.63) is 29.8 Å². The van der Waals surface area contributed by atoms with Crippen LogP contribution in [0.1, 0.15) is 37.0 Å². The van der Waals surface area contributed by atoms with E-state index in [1.807, 2.05) is 24.3 Å². The van der Waals surface area contributed by atoms with Gasteiger partial charge < -0.3 is 9.64 Å². The third kappa shape index (κ3) is 3.35. The Hall–Kier alpha value is -1.35. The number of hydrogen-bond donors (Lipinski definition) is 0. The van der Waals surface area contributed by atoms with Gasteiger partial charge in [-0.3, -0.25) is 4.79 Å². The summed E-state index contributed by atoms with van der Waals surface area (Å²) in [5.41, 5.74) is 1.86. The summed E-state index contributed by atoms with van der Waals surface area (Å²) in [4.78, 5) is 14.1. The first kappa shape index (κ1) is 14.1. The molecular formula is C16H23NO2. The molecule has 104 valence electrons. The molecule has 19 heavy (non-hydrogen) atoms. The molecule has 1 aromatic rings. The maximum atomic E-state index is 11.8. The molecule has 0 radical (unpaired) electrons. The second-order valence-corrected chi connectivity index (χ2v) is 5.34. The van der Waals surface area contributed by atoms with E-state index in [1.165, 1.54) is 12.8 Å². The summed E-state index contributed by atoms with van der Waals surface area (Å²) in [6.07, 6.45) is 2.60. The minimum atomic E-state index is 0.126. The third-order valence-corrected chi connectivity index (χ3v) is 3.92. The lowest BCUT2D eigenvalue weighted by atomic mass is 10.1. The van der Waals surface area contributed by atoms with E-state index >= 15 is 0 Å². The van der Waals surface area contributed by atoms with Crippen molar-refractivity contribution >= 4 is 11.5 Å². The molecule has 0 bridgehead atoms. The largest absolute Gasteiger partial charge is 0.383 e. The summed E-state index contributed by atoms with van der Waals surface area (Å²) in [6.45, 7) is 5.40. The predicted octanol–water partition coefficient (Wildman–Crippen LogP) is 3.14. The molecule has 1 unspecified atom stereocenters. The molecule has 0 aromatic heterocycles. The van der Waals surface area contributed by atoms with E-state index in [0.29, 0.717) is 12.6 Å². The molecule has 1 aliphatic carbocycles. The number of rotatable bonds is 7. The van der Waals surface area contributed by atoms with E-state index in [4.69, 9.17) is 4.74 Å². The van der Waals surface area contributed by atoms with Gasteiger partial charge in [-0.25, -0.2) is 0 Å². The van der Waals surface area contributed by atoms with Gasteiger partial charge in [-0.1, -0.05) is 12.1 Å². The van der Waals surface area contributed by atoms with Crippen molar-refractivity contribution < 1.29 is 9.53 Å². The molecule has 1 saturated carbocycles. The van der Waals surface area contributed by atoms with E-state index in [2.05, 4.69) is 11.8 Å². The van der Waals surface area contributed by atoms with Crippen LogP contribution in [0.5, 0.6) is 0 Å². The normalized spacial score (nSPS) is 16.2. The summed E-state index contributed by atoms with van der Waals surface area (Å²) in [7, 11) is 1.72. The van der Waals surface area contributed by atoms with Crippen LogP contribution in [0.25, 0.3) is 0 Å². The number of carbonyl (C=O) groups excluding carboxylic acids is 1. The smallest absolute Gasteiger partial charge is 0.161 e. The molecule has 3 nitrogen and oxygen atoms in total. The Morgan fingerprint density at radius 2 is 2.11 bits per heavy atom. The molecule has 0 N–H and O–H groups in total. The van der Waals surface area contributed by atoms with Gasteiger partial charge in [-0.05, 0) is 44.7 Å². The number of anilines is 1. The van der Waals surface area contributed by atoms with Crippen molar-refractivity contribution in [1.29, 1.82) is 0 Å². The number of methoxy groups -OCH3 is 1. The molecule has 0 amide bonds. The van der Waals surface area contributed by atoms with Crippen LogP contribution in [0.4, 0.5) is 5.69 Å². The minimum absolute atomic E-state index is 0.126. The van der Waals surface area contributed by atoms with Crippen LogP contribution in [0, 0.1) is 5.92 Å². The molecule has 0 aliphatic heterocycles. The van der Waals surface area contributed by atoms with Gasteiger partial charge in [0.1, 0.15) is 0 Å². The van der Waals surface area contributed by atoms with Gasteiger partial charge in [-0.2, -0.15) is 0 Å². The van der Waals surface area contributed by atoms with Crippen LogP contribution in [0.3, 0.4) is 0 Å². The topological polar surface area (TPSA) is 29.5 Å². The monoisotopic (exact) mass is 261 g/mol. The lowest BCUT2D eigenvalue weighted by Crippen LogP contribution is -2.38. The lowest BCUT2D eigenvalue weighted by molar-refractivity contribution is 0.101. The Morgan fingerprint density at radius 3 is 2.68 bits per heavy atom. The molecule has 1 aliphatic rings. The summed E-state index contributed by atoms with van der Waals surface area (Å²) in [5.74, 6) is 0.887. The molecule has 2 rings (SSSR count). The highest BCUT2D eigenvalue weighted by Gasteiger charge is 2.32. The fourth-order valence-corrected chi connectivity index (χ4v) is 2.59. The van der Waals surface area contributed by atoms with Gasteiger partial charge in [0, 0.05) is 30.9 Å². The third-order valence-electron chi connectivity index (χ3n) is 3.92. The van der Waals surface area contributed by atoms with Crippen molar-refractivity contribution in [2.45, 2.75) is 32.7 Å². The molecule has 1 aromatic carbocycles. The number of benzene rings is 1. The molecule has 0 heterocycles. The van der Waals surface area contributed by atoms with Gasteiger partial charge in [0.2, 0.25) is 0 Å². The quantitative estimate of drug-likeness (QED) is 0.706. The molecule has 0 saturated heterocycles. The van der Waals surface area contributed by atoms with E-state index < -0.39 is 0 Å². The van der Waals surface area contributed by atoms with Gasteiger partial charge in [0.15, 0.2) is 5.78 Å². The number of carbonyl (C=O) groups is 1. The van der Waals surface area contributed by atoms with E-state index in [9.17, 15) is 4.79 Å². The molecule has 0 spiro atoms. The number of para-hydroxylation sites is 1. The first-order valence-electron chi connectivity index (χ1n) is 7.00. The Bertz CT molecular complexity index is 440. The standard InChI is InChI=1S/C16H23NO2/c1-12(14-8-9-14)17(10-11-19-3)16-7-5-4-6-15(16)13(2)18/h4-7,12,14H,8-11H2,1-3H3. The summed E-state index contributed by atoms with van der Waals surface area (Å²) >= 11 is 0. The second-order valence-electron chi connectivity index (χ2n) is 5.34. The molecule has 1 fully saturated rings. The van der Waals surface area contributed by atoms with Gasteiger partial charge >= 0.3 is 0 Å². The Kier molecular flexibility index (Phi) is 4.59. The van der Waals surface area contributed by atoms with Gasteiger partial charge in [0.05, 0.1) is 6.61 Å². The van der Waals surface area contributed by atoms with Crippen molar-refractivity contribution in [2.75, 3.05) is 25.2 Å². The maximum Gasteiger partial charge on any atom is 0.161 e. The van der Waals surface area contributed by atoms with Crippen molar-refractivity contribution in [1.82, 2.24) is 0 Å². The van der Waals surface area contributed by atoms with Crippen LogP contribution in [-0.2, 0) is 4.74 Å². The van der Waals surface area contributed by atoms with Gasteiger partial charge in [-0.15, -0.1) is 0 Å². The van der Waals surface area contributed by atoms with Crippen LogP contribution in [-0.4, -0.2) is 32.1 Å². The first-order valence-corrected chi connectivity index (χ1v) is 7.00. The van der Waals surface area contributed by atoms with Crippen LogP contribution >= 0.6 is 0 Å². The zero-order valence-electron chi connectivity index (χ0n) is 12.1. The fourth-order valence-electron chi connectivity index (χ4n) is 2.59.